The third-order valence-corrected chi connectivity index (χ3v) is 2.66. The topological polar surface area (TPSA) is 71.5 Å². The maximum absolute atomic E-state index is 11.5. The average molecular weight is 258 g/mol. The van der Waals surface area contributed by atoms with Crippen LogP contribution in [0.2, 0.25) is 0 Å². The molecule has 1 aromatic heterocycles. The highest BCUT2D eigenvalue weighted by Crippen LogP contribution is 2.16. The summed E-state index contributed by atoms with van der Waals surface area (Å²) >= 11 is 1.47. The van der Waals surface area contributed by atoms with Crippen LogP contribution in [0.4, 0.5) is 4.79 Å². The van der Waals surface area contributed by atoms with E-state index in [2.05, 4.69) is 10.3 Å². The van der Waals surface area contributed by atoms with Crippen LogP contribution in [0.25, 0.3) is 0 Å². The minimum atomic E-state index is -0.554. The minimum absolute atomic E-state index is 0.206. The summed E-state index contributed by atoms with van der Waals surface area (Å²) in [4.78, 5) is 15.8. The highest BCUT2D eigenvalue weighted by atomic mass is 32.1. The molecule has 1 unspecified atom stereocenters. The van der Waals surface area contributed by atoms with Gasteiger partial charge in [-0.05, 0) is 27.7 Å². The summed E-state index contributed by atoms with van der Waals surface area (Å²) in [6.45, 7) is 7.02. The molecule has 5 nitrogen and oxygen atoms in total. The Balaban J connectivity index is 2.62. The molecule has 1 aromatic rings. The number of nitrogens with zero attached hydrogens (tertiary/aromatic N) is 1. The normalized spacial score (nSPS) is 13.2. The summed E-state index contributed by atoms with van der Waals surface area (Å²) < 4.78 is 5.11. The molecule has 1 atom stereocenters. The first kappa shape index (κ1) is 13.9. The number of aromatic nitrogens is 1. The highest BCUT2D eigenvalue weighted by Gasteiger charge is 2.21. The zero-order valence-electron chi connectivity index (χ0n) is 10.5. The summed E-state index contributed by atoms with van der Waals surface area (Å²) in [6.07, 6.45) is -0.554. The van der Waals surface area contributed by atoms with Crippen molar-refractivity contribution in [2.75, 3.05) is 6.61 Å². The van der Waals surface area contributed by atoms with Gasteiger partial charge in [0.05, 0.1) is 23.4 Å². The monoisotopic (exact) mass is 258 g/mol. The maximum Gasteiger partial charge on any atom is 0.408 e. The minimum Gasteiger partial charge on any atom is -0.444 e. The molecule has 6 heteroatoms. The first-order valence-corrected chi connectivity index (χ1v) is 6.22. The Morgan fingerprint density at radius 2 is 2.29 bits per heavy atom. The summed E-state index contributed by atoms with van der Waals surface area (Å²) in [5, 5.41) is 14.5. The van der Waals surface area contributed by atoms with Crippen molar-refractivity contribution in [1.29, 1.82) is 0 Å². The van der Waals surface area contributed by atoms with Gasteiger partial charge in [-0.25, -0.2) is 9.78 Å². The molecule has 0 spiro atoms. The van der Waals surface area contributed by atoms with Crippen molar-refractivity contribution in [2.45, 2.75) is 39.3 Å². The zero-order valence-corrected chi connectivity index (χ0v) is 11.3. The summed E-state index contributed by atoms with van der Waals surface area (Å²) in [6, 6.07) is -0.519. The van der Waals surface area contributed by atoms with Crippen LogP contribution in [0.15, 0.2) is 5.38 Å². The second-order valence-corrected chi connectivity index (χ2v) is 5.74. The van der Waals surface area contributed by atoms with E-state index >= 15 is 0 Å². The zero-order chi connectivity index (χ0) is 13.1. The number of alkyl carbamates (subject to hydrolysis) is 1. The molecule has 0 aliphatic heterocycles. The van der Waals surface area contributed by atoms with Crippen molar-refractivity contribution in [1.82, 2.24) is 10.3 Å². The van der Waals surface area contributed by atoms with Gasteiger partial charge in [0.25, 0.3) is 0 Å². The van der Waals surface area contributed by atoms with E-state index in [9.17, 15) is 9.90 Å². The number of aryl methyl sites for hydroxylation is 1. The molecule has 0 bridgehead atoms. The number of thiazole rings is 1. The van der Waals surface area contributed by atoms with Crippen molar-refractivity contribution < 1.29 is 14.6 Å². The Bertz CT molecular complexity index is 384. The molecule has 2 N–H and O–H groups in total. The number of nitrogens with one attached hydrogen (secondary N) is 1. The van der Waals surface area contributed by atoms with E-state index < -0.39 is 17.7 Å². The molecule has 1 amide bonds. The molecule has 0 aliphatic carbocycles. The fourth-order valence-electron chi connectivity index (χ4n) is 1.20. The number of hydrogen-bond acceptors (Lipinski definition) is 5. The van der Waals surface area contributed by atoms with E-state index in [4.69, 9.17) is 4.74 Å². The van der Waals surface area contributed by atoms with Crippen LogP contribution < -0.4 is 5.32 Å². The number of rotatable bonds is 3. The summed E-state index contributed by atoms with van der Waals surface area (Å²) in [5.41, 5.74) is 0.100. The van der Waals surface area contributed by atoms with Crippen LogP contribution in [-0.4, -0.2) is 28.4 Å². The molecular weight excluding hydrogens is 240 g/mol. The number of carbonyl (C=O) groups is 1. The Labute approximate surface area is 105 Å². The standard InChI is InChI=1S/C11H18N2O3S/c1-7-12-9(6-17-7)8(5-14)13-10(15)16-11(2,3)4/h6,8,14H,5H2,1-4H3,(H,13,15). The van der Waals surface area contributed by atoms with Crippen LogP contribution in [0.3, 0.4) is 0 Å². The van der Waals surface area contributed by atoms with E-state index in [1.807, 2.05) is 12.3 Å². The fraction of sp³-hybridized carbons (Fsp3) is 0.636. The second-order valence-electron chi connectivity index (χ2n) is 4.67. The smallest absolute Gasteiger partial charge is 0.408 e. The van der Waals surface area contributed by atoms with Crippen molar-refractivity contribution >= 4 is 17.4 Å². The Morgan fingerprint density at radius 3 is 2.71 bits per heavy atom. The SMILES string of the molecule is Cc1nc(C(CO)NC(=O)OC(C)(C)C)cs1. The highest BCUT2D eigenvalue weighted by molar-refractivity contribution is 7.09. The van der Waals surface area contributed by atoms with Gasteiger partial charge < -0.3 is 15.2 Å². The predicted molar refractivity (Wildman–Crippen MR) is 66.0 cm³/mol. The summed E-state index contributed by atoms with van der Waals surface area (Å²) in [5.74, 6) is 0. The maximum atomic E-state index is 11.5. The van der Waals surface area contributed by atoms with Crippen molar-refractivity contribution in [3.05, 3.63) is 16.1 Å². The summed E-state index contributed by atoms with van der Waals surface area (Å²) in [7, 11) is 0. The lowest BCUT2D eigenvalue weighted by Crippen LogP contribution is -2.36. The first-order valence-electron chi connectivity index (χ1n) is 5.34. The molecule has 1 heterocycles. The molecule has 1 rings (SSSR count). The van der Waals surface area contributed by atoms with E-state index in [1.165, 1.54) is 11.3 Å². The number of hydrogen-bond donors (Lipinski definition) is 2. The first-order chi connectivity index (χ1) is 7.81. The number of aliphatic hydroxyl groups excluding tert-OH is 1. The van der Waals surface area contributed by atoms with Gasteiger partial charge in [0.15, 0.2) is 0 Å². The van der Waals surface area contributed by atoms with Gasteiger partial charge in [-0.15, -0.1) is 11.3 Å². The van der Waals surface area contributed by atoms with Gasteiger partial charge in [-0.1, -0.05) is 0 Å². The van der Waals surface area contributed by atoms with Gasteiger partial charge in [-0.2, -0.15) is 0 Å². The van der Waals surface area contributed by atoms with Gasteiger partial charge in [0.2, 0.25) is 0 Å². The van der Waals surface area contributed by atoms with Crippen LogP contribution in [0.5, 0.6) is 0 Å². The van der Waals surface area contributed by atoms with Crippen LogP contribution >= 0.6 is 11.3 Å². The third kappa shape index (κ3) is 4.70. The van der Waals surface area contributed by atoms with E-state index in [0.717, 1.165) is 5.01 Å². The molecule has 17 heavy (non-hydrogen) atoms. The van der Waals surface area contributed by atoms with Gasteiger partial charge in [0, 0.05) is 5.38 Å². The van der Waals surface area contributed by atoms with E-state index in [1.54, 1.807) is 20.8 Å². The molecule has 96 valence electrons. The van der Waals surface area contributed by atoms with Crippen LogP contribution in [-0.2, 0) is 4.74 Å². The third-order valence-electron chi connectivity index (χ3n) is 1.87. The number of carbonyl (C=O) groups excluding carboxylic acids is 1. The molecular formula is C11H18N2O3S. The molecule has 0 fully saturated rings. The quantitative estimate of drug-likeness (QED) is 0.870. The van der Waals surface area contributed by atoms with Crippen molar-refractivity contribution in [3.63, 3.8) is 0 Å². The van der Waals surface area contributed by atoms with Gasteiger partial charge in [0.1, 0.15) is 5.60 Å². The molecule has 0 aromatic carbocycles. The lowest BCUT2D eigenvalue weighted by Gasteiger charge is -2.22. The van der Waals surface area contributed by atoms with Crippen LogP contribution in [0, 0.1) is 6.92 Å². The van der Waals surface area contributed by atoms with Crippen LogP contribution in [0.1, 0.15) is 37.5 Å². The van der Waals surface area contributed by atoms with Gasteiger partial charge >= 0.3 is 6.09 Å². The number of ether oxygens (including phenoxy) is 1. The Kier molecular flexibility index (Phi) is 4.47. The van der Waals surface area contributed by atoms with Gasteiger partial charge in [-0.3, -0.25) is 0 Å². The molecule has 0 radical (unpaired) electrons. The predicted octanol–water partition coefficient (Wildman–Crippen LogP) is 2.01. The van der Waals surface area contributed by atoms with Crippen molar-refractivity contribution in [2.24, 2.45) is 0 Å². The molecule has 0 aliphatic rings. The lowest BCUT2D eigenvalue weighted by molar-refractivity contribution is 0.0480. The molecule has 0 saturated heterocycles. The lowest BCUT2D eigenvalue weighted by atomic mass is 10.2. The van der Waals surface area contributed by atoms with E-state index in [-0.39, 0.29) is 6.61 Å². The molecule has 0 saturated carbocycles. The number of aliphatic hydroxyl groups is 1. The van der Waals surface area contributed by atoms with Crippen molar-refractivity contribution in [3.8, 4) is 0 Å². The van der Waals surface area contributed by atoms with E-state index in [0.29, 0.717) is 5.69 Å². The largest absolute Gasteiger partial charge is 0.444 e. The Hall–Kier alpha value is -1.14. The second kappa shape index (κ2) is 5.46. The average Bonchev–Trinajstić information content (AvgIpc) is 2.58. The fourth-order valence-corrected chi connectivity index (χ4v) is 1.87. The Morgan fingerprint density at radius 1 is 1.65 bits per heavy atom. The number of amides is 1.